The van der Waals surface area contributed by atoms with E-state index in [1.165, 1.54) is 5.56 Å². The first kappa shape index (κ1) is 18.5. The summed E-state index contributed by atoms with van der Waals surface area (Å²) in [5.74, 6) is 1.13. The van der Waals surface area contributed by atoms with Crippen LogP contribution in [0.15, 0.2) is 34.9 Å². The number of methoxy groups -OCH3 is 1. The summed E-state index contributed by atoms with van der Waals surface area (Å²) in [5.41, 5.74) is 1.19. The van der Waals surface area contributed by atoms with Gasteiger partial charge in [-0.05, 0) is 24.8 Å². The Labute approximate surface area is 153 Å². The molecule has 1 amide bonds. The quantitative estimate of drug-likeness (QED) is 0.720. The molecule has 1 unspecified atom stereocenters. The topological polar surface area (TPSA) is 77.7 Å². The average molecular weight is 359 g/mol. The first-order valence-corrected chi connectivity index (χ1v) is 8.98. The molecule has 0 spiro atoms. The third-order valence-corrected chi connectivity index (χ3v) is 4.43. The molecule has 0 aliphatic carbocycles. The molecule has 0 radical (unpaired) electrons. The molecule has 1 atom stereocenters. The fourth-order valence-electron chi connectivity index (χ4n) is 3.08. The molecule has 2 heterocycles. The van der Waals surface area contributed by atoms with Crippen LogP contribution in [0.1, 0.15) is 36.5 Å². The van der Waals surface area contributed by atoms with Gasteiger partial charge in [-0.15, -0.1) is 0 Å². The van der Waals surface area contributed by atoms with Gasteiger partial charge in [0.15, 0.2) is 5.82 Å². The van der Waals surface area contributed by atoms with Crippen LogP contribution in [0.3, 0.4) is 0 Å². The zero-order valence-corrected chi connectivity index (χ0v) is 15.1. The minimum Gasteiger partial charge on any atom is -0.375 e. The van der Waals surface area contributed by atoms with E-state index in [0.29, 0.717) is 31.3 Å². The van der Waals surface area contributed by atoms with Gasteiger partial charge in [-0.1, -0.05) is 35.5 Å². The SMILES string of the molecule is COCc1nc(COC2CCCN(C(=O)CCc3ccccc3)C2)no1. The van der Waals surface area contributed by atoms with Gasteiger partial charge in [-0.25, -0.2) is 0 Å². The molecule has 1 aliphatic heterocycles. The van der Waals surface area contributed by atoms with E-state index in [2.05, 4.69) is 22.3 Å². The zero-order chi connectivity index (χ0) is 18.2. The molecule has 0 saturated carbocycles. The summed E-state index contributed by atoms with van der Waals surface area (Å²) in [5, 5.41) is 3.86. The number of hydrogen-bond acceptors (Lipinski definition) is 6. The van der Waals surface area contributed by atoms with Crippen LogP contribution >= 0.6 is 0 Å². The average Bonchev–Trinajstić information content (AvgIpc) is 3.13. The number of nitrogens with zero attached hydrogens (tertiary/aromatic N) is 3. The molecule has 1 aliphatic rings. The van der Waals surface area contributed by atoms with E-state index < -0.39 is 0 Å². The van der Waals surface area contributed by atoms with Crippen LogP contribution in [0.2, 0.25) is 0 Å². The normalized spacial score (nSPS) is 17.4. The Morgan fingerprint density at radius 3 is 2.96 bits per heavy atom. The van der Waals surface area contributed by atoms with Gasteiger partial charge in [0.1, 0.15) is 13.2 Å². The Kier molecular flexibility index (Phi) is 6.74. The summed E-state index contributed by atoms with van der Waals surface area (Å²) in [6.45, 7) is 1.99. The van der Waals surface area contributed by atoms with Gasteiger partial charge in [0, 0.05) is 26.6 Å². The Hall–Kier alpha value is -2.25. The molecule has 0 N–H and O–H groups in total. The second kappa shape index (κ2) is 9.45. The van der Waals surface area contributed by atoms with E-state index in [1.807, 2.05) is 23.1 Å². The smallest absolute Gasteiger partial charge is 0.252 e. The van der Waals surface area contributed by atoms with Crippen molar-refractivity contribution in [1.82, 2.24) is 15.0 Å². The van der Waals surface area contributed by atoms with Crippen molar-refractivity contribution in [3.05, 3.63) is 47.6 Å². The fraction of sp³-hybridized carbons (Fsp3) is 0.526. The predicted molar refractivity (Wildman–Crippen MR) is 94.2 cm³/mol. The van der Waals surface area contributed by atoms with Gasteiger partial charge >= 0.3 is 0 Å². The largest absolute Gasteiger partial charge is 0.375 e. The van der Waals surface area contributed by atoms with E-state index in [-0.39, 0.29) is 18.6 Å². The predicted octanol–water partition coefficient (Wildman–Crippen LogP) is 2.36. The summed E-state index contributed by atoms with van der Waals surface area (Å²) in [4.78, 5) is 18.6. The lowest BCUT2D eigenvalue weighted by Gasteiger charge is -2.32. The van der Waals surface area contributed by atoms with Crippen molar-refractivity contribution >= 4 is 5.91 Å². The van der Waals surface area contributed by atoms with E-state index in [0.717, 1.165) is 25.8 Å². The lowest BCUT2D eigenvalue weighted by Crippen LogP contribution is -2.43. The van der Waals surface area contributed by atoms with Crippen molar-refractivity contribution < 1.29 is 18.8 Å². The summed E-state index contributed by atoms with van der Waals surface area (Å²) in [6.07, 6.45) is 3.19. The molecule has 7 heteroatoms. The lowest BCUT2D eigenvalue weighted by atomic mass is 10.1. The number of hydrogen-bond donors (Lipinski definition) is 0. The monoisotopic (exact) mass is 359 g/mol. The number of piperidine rings is 1. The van der Waals surface area contributed by atoms with Crippen LogP contribution in [0, 0.1) is 0 Å². The van der Waals surface area contributed by atoms with E-state index in [4.69, 9.17) is 14.0 Å². The second-order valence-electron chi connectivity index (χ2n) is 6.44. The van der Waals surface area contributed by atoms with E-state index in [1.54, 1.807) is 7.11 Å². The molecule has 3 rings (SSSR count). The Bertz CT molecular complexity index is 689. The minimum absolute atomic E-state index is 0.00815. The summed E-state index contributed by atoms with van der Waals surface area (Å²) < 4.78 is 15.9. The number of ether oxygens (including phenoxy) is 2. The number of carbonyl (C=O) groups excluding carboxylic acids is 1. The highest BCUT2D eigenvalue weighted by molar-refractivity contribution is 5.76. The van der Waals surface area contributed by atoms with E-state index >= 15 is 0 Å². The van der Waals surface area contributed by atoms with Gasteiger partial charge in [0.05, 0.1) is 6.10 Å². The number of benzene rings is 1. The standard InChI is InChI=1S/C19H25N3O4/c1-24-14-18-20-17(21-26-18)13-25-16-8-5-11-22(12-16)19(23)10-9-15-6-3-2-4-7-15/h2-4,6-7,16H,5,8-14H2,1H3. The van der Waals surface area contributed by atoms with Crippen molar-refractivity contribution in [2.45, 2.75) is 45.0 Å². The van der Waals surface area contributed by atoms with E-state index in [9.17, 15) is 4.79 Å². The Morgan fingerprint density at radius 2 is 2.15 bits per heavy atom. The third kappa shape index (κ3) is 5.37. The summed E-state index contributed by atoms with van der Waals surface area (Å²) >= 11 is 0. The van der Waals surface area contributed by atoms with Gasteiger partial charge in [-0.3, -0.25) is 4.79 Å². The molecule has 1 aromatic heterocycles. The van der Waals surface area contributed by atoms with Crippen molar-refractivity contribution in [3.63, 3.8) is 0 Å². The second-order valence-corrected chi connectivity index (χ2v) is 6.44. The molecular weight excluding hydrogens is 334 g/mol. The number of likely N-dealkylation sites (tertiary alicyclic amines) is 1. The molecule has 1 fully saturated rings. The maximum atomic E-state index is 12.5. The van der Waals surface area contributed by atoms with Gasteiger partial charge in [0.2, 0.25) is 5.91 Å². The molecule has 26 heavy (non-hydrogen) atoms. The number of carbonyl (C=O) groups is 1. The van der Waals surface area contributed by atoms with Crippen LogP contribution in [0.5, 0.6) is 0 Å². The lowest BCUT2D eigenvalue weighted by molar-refractivity contribution is -0.135. The van der Waals surface area contributed by atoms with Crippen LogP contribution in [0.25, 0.3) is 0 Å². The summed E-state index contributed by atoms with van der Waals surface area (Å²) in [6, 6.07) is 10.1. The Balaban J connectivity index is 1.43. The van der Waals surface area contributed by atoms with Gasteiger partial charge < -0.3 is 18.9 Å². The van der Waals surface area contributed by atoms with Crippen LogP contribution < -0.4 is 0 Å². The van der Waals surface area contributed by atoms with Gasteiger partial charge in [-0.2, -0.15) is 4.98 Å². The highest BCUT2D eigenvalue weighted by Gasteiger charge is 2.24. The molecular formula is C19H25N3O4. The number of aromatic nitrogens is 2. The number of amides is 1. The van der Waals surface area contributed by atoms with Crippen molar-refractivity contribution in [3.8, 4) is 0 Å². The molecule has 1 saturated heterocycles. The molecule has 140 valence electrons. The summed E-state index contributed by atoms with van der Waals surface area (Å²) in [7, 11) is 1.58. The number of aryl methyl sites for hydroxylation is 1. The molecule has 2 aromatic rings. The molecule has 0 bridgehead atoms. The van der Waals surface area contributed by atoms with Gasteiger partial charge in [0.25, 0.3) is 5.89 Å². The first-order chi connectivity index (χ1) is 12.7. The van der Waals surface area contributed by atoms with Crippen molar-refractivity contribution in [2.24, 2.45) is 0 Å². The zero-order valence-electron chi connectivity index (χ0n) is 15.1. The third-order valence-electron chi connectivity index (χ3n) is 4.43. The van der Waals surface area contributed by atoms with Crippen LogP contribution in [-0.4, -0.2) is 47.3 Å². The van der Waals surface area contributed by atoms with Crippen LogP contribution in [-0.2, 0) is 33.9 Å². The van der Waals surface area contributed by atoms with Crippen LogP contribution in [0.4, 0.5) is 0 Å². The van der Waals surface area contributed by atoms with Crippen molar-refractivity contribution in [1.29, 1.82) is 0 Å². The molecule has 1 aromatic carbocycles. The maximum absolute atomic E-state index is 12.5. The Morgan fingerprint density at radius 1 is 1.31 bits per heavy atom. The van der Waals surface area contributed by atoms with Crippen molar-refractivity contribution in [2.75, 3.05) is 20.2 Å². The highest BCUT2D eigenvalue weighted by atomic mass is 16.5. The number of rotatable bonds is 8. The fourth-order valence-corrected chi connectivity index (χ4v) is 3.08. The minimum atomic E-state index is 0.00815. The maximum Gasteiger partial charge on any atom is 0.252 e. The molecule has 7 nitrogen and oxygen atoms in total. The first-order valence-electron chi connectivity index (χ1n) is 8.98. The highest BCUT2D eigenvalue weighted by Crippen LogP contribution is 2.16.